The van der Waals surface area contributed by atoms with Gasteiger partial charge in [-0.15, -0.1) is 0 Å². The molecule has 0 aromatic heterocycles. The molecule has 2 nitrogen and oxygen atoms in total. The lowest BCUT2D eigenvalue weighted by Crippen LogP contribution is -2.07. The lowest BCUT2D eigenvalue weighted by molar-refractivity contribution is 0.0497. The van der Waals surface area contributed by atoms with E-state index >= 15 is 0 Å². The number of hydrogen-bond acceptors (Lipinski definition) is 2. The Bertz CT molecular complexity index is 769. The molecule has 0 fully saturated rings. The zero-order valence-electron chi connectivity index (χ0n) is 16.2. The van der Waals surface area contributed by atoms with Crippen LogP contribution in [0.15, 0.2) is 42.5 Å². The van der Waals surface area contributed by atoms with Crippen LogP contribution in [-0.2, 0) is 4.74 Å². The highest BCUT2D eigenvalue weighted by atomic mass is 79.9. The maximum absolute atomic E-state index is 12.4. The Morgan fingerprint density at radius 2 is 1.56 bits per heavy atom. The normalized spacial score (nSPS) is 14.7. The first-order valence-electron chi connectivity index (χ1n) is 10.3. The van der Waals surface area contributed by atoms with Gasteiger partial charge in [-0.3, -0.25) is 0 Å². The lowest BCUT2D eigenvalue weighted by atomic mass is 10.0. The molecule has 1 unspecified atom stereocenters. The predicted molar refractivity (Wildman–Crippen MR) is 116 cm³/mol. The summed E-state index contributed by atoms with van der Waals surface area (Å²) in [4.78, 5) is 12.5. The van der Waals surface area contributed by atoms with E-state index in [-0.39, 0.29) is 10.8 Å². The van der Waals surface area contributed by atoms with Gasteiger partial charge in [-0.1, -0.05) is 98.1 Å². The lowest BCUT2D eigenvalue weighted by Gasteiger charge is -2.08. The van der Waals surface area contributed by atoms with Crippen LogP contribution < -0.4 is 0 Å². The molecule has 0 N–H and O–H groups in total. The minimum Gasteiger partial charge on any atom is -0.462 e. The maximum Gasteiger partial charge on any atom is 0.338 e. The van der Waals surface area contributed by atoms with Gasteiger partial charge in [-0.2, -0.15) is 0 Å². The standard InChI is InChI=1S/C24H29BrO2/c1-2-3-4-5-6-7-8-11-16-27-24(26)18-14-15-20-19-12-9-10-13-21(19)23(25)22(20)17-18/h9-10,12-15,17,23H,2-8,11,16H2,1H3. The van der Waals surface area contributed by atoms with E-state index in [1.807, 2.05) is 18.2 Å². The van der Waals surface area contributed by atoms with Gasteiger partial charge in [-0.25, -0.2) is 4.79 Å². The second-order valence-corrected chi connectivity index (χ2v) is 8.28. The Kier molecular flexibility index (Phi) is 7.51. The Balaban J connectivity index is 1.45. The Labute approximate surface area is 171 Å². The molecule has 0 saturated carbocycles. The quantitative estimate of drug-likeness (QED) is 0.223. The van der Waals surface area contributed by atoms with Crippen LogP contribution in [-0.4, -0.2) is 12.6 Å². The molecule has 2 aromatic rings. The number of alkyl halides is 1. The fraction of sp³-hybridized carbons (Fsp3) is 0.458. The van der Waals surface area contributed by atoms with E-state index < -0.39 is 0 Å². The summed E-state index contributed by atoms with van der Waals surface area (Å²) in [6, 6.07) is 14.3. The van der Waals surface area contributed by atoms with Gasteiger partial charge < -0.3 is 4.74 Å². The largest absolute Gasteiger partial charge is 0.462 e. The fourth-order valence-electron chi connectivity index (χ4n) is 3.76. The first-order valence-corrected chi connectivity index (χ1v) is 11.2. The third kappa shape index (κ3) is 5.01. The Morgan fingerprint density at radius 1 is 0.889 bits per heavy atom. The van der Waals surface area contributed by atoms with Gasteiger partial charge in [-0.05, 0) is 40.8 Å². The molecule has 1 aliphatic carbocycles. The van der Waals surface area contributed by atoms with Crippen molar-refractivity contribution in [2.75, 3.05) is 6.61 Å². The van der Waals surface area contributed by atoms with Crippen LogP contribution in [0.25, 0.3) is 11.1 Å². The van der Waals surface area contributed by atoms with Crippen molar-refractivity contribution in [2.45, 2.75) is 63.1 Å². The fourth-order valence-corrected chi connectivity index (χ4v) is 4.54. The topological polar surface area (TPSA) is 26.3 Å². The highest BCUT2D eigenvalue weighted by Gasteiger charge is 2.27. The van der Waals surface area contributed by atoms with Crippen LogP contribution in [0.1, 0.15) is 84.6 Å². The number of fused-ring (bicyclic) bond motifs is 3. The molecule has 0 saturated heterocycles. The molecule has 144 valence electrons. The molecular weight excluding hydrogens is 400 g/mol. The number of halogens is 1. The van der Waals surface area contributed by atoms with E-state index in [1.165, 1.54) is 55.2 Å². The molecule has 0 heterocycles. The summed E-state index contributed by atoms with van der Waals surface area (Å²) < 4.78 is 5.49. The second kappa shape index (κ2) is 10.1. The number of carbonyl (C=O) groups is 1. The van der Waals surface area contributed by atoms with Gasteiger partial charge in [0.2, 0.25) is 0 Å². The number of ether oxygens (including phenoxy) is 1. The molecule has 0 bridgehead atoms. The van der Waals surface area contributed by atoms with E-state index in [4.69, 9.17) is 4.74 Å². The smallest absolute Gasteiger partial charge is 0.338 e. The van der Waals surface area contributed by atoms with E-state index in [2.05, 4.69) is 47.1 Å². The number of benzene rings is 2. The molecule has 3 rings (SSSR count). The molecule has 0 radical (unpaired) electrons. The molecule has 27 heavy (non-hydrogen) atoms. The number of carbonyl (C=O) groups excluding carboxylic acids is 1. The molecule has 2 aromatic carbocycles. The van der Waals surface area contributed by atoms with Crippen molar-refractivity contribution in [3.63, 3.8) is 0 Å². The minimum atomic E-state index is -0.212. The number of esters is 1. The van der Waals surface area contributed by atoms with E-state index in [0.717, 1.165) is 18.4 Å². The average Bonchev–Trinajstić information content (AvgIpc) is 2.99. The summed E-state index contributed by atoms with van der Waals surface area (Å²) in [6.45, 7) is 2.76. The SMILES string of the molecule is CCCCCCCCCCOC(=O)c1ccc2c(c1)C(Br)c1ccccc1-2. The number of unbranched alkanes of at least 4 members (excludes halogenated alkanes) is 7. The Hall–Kier alpha value is -1.61. The van der Waals surface area contributed by atoms with Crippen LogP contribution in [0, 0.1) is 0 Å². The number of hydrogen-bond donors (Lipinski definition) is 0. The van der Waals surface area contributed by atoms with Gasteiger partial charge in [0, 0.05) is 0 Å². The van der Waals surface area contributed by atoms with Crippen molar-refractivity contribution < 1.29 is 9.53 Å². The maximum atomic E-state index is 12.4. The monoisotopic (exact) mass is 428 g/mol. The minimum absolute atomic E-state index is 0.143. The highest BCUT2D eigenvalue weighted by Crippen LogP contribution is 2.47. The molecule has 1 aliphatic rings. The summed E-state index contributed by atoms with van der Waals surface area (Å²) in [5, 5.41) is 0. The molecule has 0 aliphatic heterocycles. The highest BCUT2D eigenvalue weighted by molar-refractivity contribution is 9.09. The molecule has 3 heteroatoms. The molecule has 0 spiro atoms. The molecule has 1 atom stereocenters. The second-order valence-electron chi connectivity index (χ2n) is 7.36. The van der Waals surface area contributed by atoms with Crippen LogP contribution in [0.4, 0.5) is 0 Å². The zero-order valence-corrected chi connectivity index (χ0v) is 17.8. The summed E-state index contributed by atoms with van der Waals surface area (Å²) in [7, 11) is 0. The summed E-state index contributed by atoms with van der Waals surface area (Å²) in [5.41, 5.74) is 5.50. The van der Waals surface area contributed by atoms with Gasteiger partial charge in [0.1, 0.15) is 0 Å². The van der Waals surface area contributed by atoms with Gasteiger partial charge in [0.25, 0.3) is 0 Å². The molecule has 0 amide bonds. The van der Waals surface area contributed by atoms with Gasteiger partial charge in [0.15, 0.2) is 0 Å². The average molecular weight is 429 g/mol. The Morgan fingerprint density at radius 3 is 2.33 bits per heavy atom. The zero-order chi connectivity index (χ0) is 19.1. The first kappa shape index (κ1) is 20.1. The van der Waals surface area contributed by atoms with E-state index in [0.29, 0.717) is 12.2 Å². The van der Waals surface area contributed by atoms with Crippen LogP contribution in [0.2, 0.25) is 0 Å². The van der Waals surface area contributed by atoms with Crippen molar-refractivity contribution in [1.82, 2.24) is 0 Å². The van der Waals surface area contributed by atoms with Crippen LogP contribution in [0.5, 0.6) is 0 Å². The van der Waals surface area contributed by atoms with Crippen LogP contribution >= 0.6 is 15.9 Å². The summed E-state index contributed by atoms with van der Waals surface area (Å²) >= 11 is 3.77. The molecular formula is C24H29BrO2. The van der Waals surface area contributed by atoms with Crippen molar-refractivity contribution in [3.05, 3.63) is 59.2 Å². The third-order valence-electron chi connectivity index (χ3n) is 5.32. The van der Waals surface area contributed by atoms with Gasteiger partial charge in [0.05, 0.1) is 17.0 Å². The van der Waals surface area contributed by atoms with Gasteiger partial charge >= 0.3 is 5.97 Å². The predicted octanol–water partition coefficient (Wildman–Crippen LogP) is 7.45. The summed E-state index contributed by atoms with van der Waals surface area (Å²) in [6.07, 6.45) is 9.95. The third-order valence-corrected chi connectivity index (χ3v) is 6.30. The van der Waals surface area contributed by atoms with Crippen molar-refractivity contribution in [2.24, 2.45) is 0 Å². The van der Waals surface area contributed by atoms with Crippen molar-refractivity contribution in [1.29, 1.82) is 0 Å². The number of rotatable bonds is 10. The van der Waals surface area contributed by atoms with Crippen molar-refractivity contribution in [3.8, 4) is 11.1 Å². The first-order chi connectivity index (χ1) is 13.2. The van der Waals surface area contributed by atoms with E-state index in [1.54, 1.807) is 0 Å². The van der Waals surface area contributed by atoms with E-state index in [9.17, 15) is 4.79 Å². The van der Waals surface area contributed by atoms with Crippen molar-refractivity contribution >= 4 is 21.9 Å². The summed E-state index contributed by atoms with van der Waals surface area (Å²) in [5.74, 6) is -0.212. The van der Waals surface area contributed by atoms with Crippen LogP contribution in [0.3, 0.4) is 0 Å².